The van der Waals surface area contributed by atoms with E-state index in [1.165, 1.54) is 0 Å². The molecule has 4 N–H and O–H groups in total. The van der Waals surface area contributed by atoms with Crippen molar-refractivity contribution < 1.29 is 39.3 Å². The zero-order valence-corrected chi connectivity index (χ0v) is 24.9. The van der Waals surface area contributed by atoms with Crippen molar-refractivity contribution >= 4 is 45.8 Å². The number of carbonyl (C=O) groups is 5. The van der Waals surface area contributed by atoms with E-state index in [1.54, 1.807) is 30.4 Å². The number of piperidine rings is 1. The minimum absolute atomic E-state index is 0.0490. The smallest absolute Gasteiger partial charge is 0.260 e. The Balaban J connectivity index is 1.38. The van der Waals surface area contributed by atoms with Crippen LogP contribution in [0.3, 0.4) is 0 Å². The number of aromatic nitrogens is 1. The number of benzene rings is 2. The van der Waals surface area contributed by atoms with Gasteiger partial charge in [-0.25, -0.2) is 0 Å². The molecule has 1 saturated heterocycles. The maximum absolute atomic E-state index is 14.3. The van der Waals surface area contributed by atoms with Crippen LogP contribution in [-0.2, 0) is 16.6 Å². The summed E-state index contributed by atoms with van der Waals surface area (Å²) in [6.45, 7) is 3.05. The highest BCUT2D eigenvalue weighted by atomic mass is 16.3. The molecule has 2 aromatic carbocycles. The number of aromatic hydroxyl groups is 3. The van der Waals surface area contributed by atoms with E-state index in [4.69, 9.17) is 0 Å². The molecule has 2 heterocycles. The molecule has 0 amide bonds. The van der Waals surface area contributed by atoms with E-state index in [-0.39, 0.29) is 30.3 Å². The lowest BCUT2D eigenvalue weighted by atomic mass is 9.76. The molecule has 0 saturated carbocycles. The van der Waals surface area contributed by atoms with Crippen LogP contribution < -0.4 is 5.56 Å². The third-order valence-electron chi connectivity index (χ3n) is 9.88. The van der Waals surface area contributed by atoms with Gasteiger partial charge >= 0.3 is 0 Å². The highest BCUT2D eigenvalue weighted by Crippen LogP contribution is 2.57. The Kier molecular flexibility index (Phi) is 6.71. The third kappa shape index (κ3) is 3.87. The van der Waals surface area contributed by atoms with Gasteiger partial charge in [-0.15, -0.1) is 0 Å². The van der Waals surface area contributed by atoms with Crippen LogP contribution in [0.25, 0.3) is 16.8 Å². The van der Waals surface area contributed by atoms with Gasteiger partial charge in [0.1, 0.15) is 28.6 Å². The number of Topliss-reactive ketones (excluding diaryl/α,β-unsaturated/α-hetero) is 5. The number of fused-ring (bicyclic) bond motifs is 5. The zero-order valence-electron chi connectivity index (χ0n) is 24.9. The van der Waals surface area contributed by atoms with Crippen LogP contribution in [0.4, 0.5) is 0 Å². The molecular formula is C35H30N2O9. The van der Waals surface area contributed by atoms with Crippen molar-refractivity contribution in [3.8, 4) is 17.2 Å². The van der Waals surface area contributed by atoms with E-state index < -0.39 is 85.3 Å². The molecule has 3 aromatic rings. The monoisotopic (exact) mass is 622 g/mol. The highest BCUT2D eigenvalue weighted by molar-refractivity contribution is 6.53. The van der Waals surface area contributed by atoms with Gasteiger partial charge in [-0.05, 0) is 68.8 Å². The predicted molar refractivity (Wildman–Crippen MR) is 166 cm³/mol. The van der Waals surface area contributed by atoms with Gasteiger partial charge in [0, 0.05) is 17.8 Å². The first-order valence-corrected chi connectivity index (χ1v) is 15.3. The summed E-state index contributed by atoms with van der Waals surface area (Å²) in [6, 6.07) is 3.27. The van der Waals surface area contributed by atoms with E-state index in [0.29, 0.717) is 29.7 Å². The number of H-pyrrole nitrogens is 1. The molecule has 1 unspecified atom stereocenters. The van der Waals surface area contributed by atoms with Crippen molar-refractivity contribution in [1.82, 2.24) is 9.88 Å². The molecule has 11 heteroatoms. The molecule has 11 nitrogen and oxygen atoms in total. The van der Waals surface area contributed by atoms with Gasteiger partial charge in [0.2, 0.25) is 11.6 Å². The van der Waals surface area contributed by atoms with Crippen LogP contribution in [0.15, 0.2) is 35.2 Å². The summed E-state index contributed by atoms with van der Waals surface area (Å²) in [6.07, 6.45) is 9.69. The van der Waals surface area contributed by atoms with Gasteiger partial charge in [0.25, 0.3) is 5.56 Å². The number of carbonyl (C=O) groups excluding carboxylic acids is 5. The maximum Gasteiger partial charge on any atom is 0.260 e. The molecule has 4 aliphatic rings. The van der Waals surface area contributed by atoms with Gasteiger partial charge in [-0.3, -0.25) is 28.8 Å². The number of allylic oxidation sites excluding steroid dienone is 3. The normalized spacial score (nSPS) is 23.0. The summed E-state index contributed by atoms with van der Waals surface area (Å²) in [5.74, 6) is -9.15. The van der Waals surface area contributed by atoms with Gasteiger partial charge in [0.05, 0.1) is 27.6 Å². The first-order valence-electron chi connectivity index (χ1n) is 15.3. The average molecular weight is 623 g/mol. The van der Waals surface area contributed by atoms with Crippen molar-refractivity contribution in [2.75, 3.05) is 19.6 Å². The van der Waals surface area contributed by atoms with E-state index in [0.717, 1.165) is 19.3 Å². The van der Waals surface area contributed by atoms with Crippen LogP contribution in [0, 0.1) is 5.92 Å². The average Bonchev–Trinajstić information content (AvgIpc) is 3.52. The molecule has 1 spiro atoms. The molecule has 1 aliphatic heterocycles. The van der Waals surface area contributed by atoms with Crippen LogP contribution in [-0.4, -0.2) is 73.8 Å². The Hall–Kier alpha value is -5.16. The molecule has 3 aliphatic carbocycles. The number of aryl methyl sites for hydroxylation is 1. The van der Waals surface area contributed by atoms with E-state index in [2.05, 4.69) is 4.98 Å². The number of pyridine rings is 1. The number of nitrogens with one attached hydrogen (secondary N) is 1. The number of ketones is 5. The van der Waals surface area contributed by atoms with Crippen molar-refractivity contribution in [2.24, 2.45) is 5.92 Å². The Morgan fingerprint density at radius 1 is 0.848 bits per heavy atom. The maximum atomic E-state index is 14.3. The number of phenols is 3. The van der Waals surface area contributed by atoms with E-state index in [1.807, 2.05) is 17.9 Å². The molecule has 234 valence electrons. The van der Waals surface area contributed by atoms with Crippen LogP contribution >= 0.6 is 0 Å². The van der Waals surface area contributed by atoms with Crippen LogP contribution in [0.1, 0.15) is 90.9 Å². The molecular weight excluding hydrogens is 592 g/mol. The Morgan fingerprint density at radius 3 is 2.20 bits per heavy atom. The highest BCUT2D eigenvalue weighted by Gasteiger charge is 2.62. The number of nitrogens with zero attached hydrogens (tertiary/aromatic N) is 1. The zero-order chi connectivity index (χ0) is 32.7. The fourth-order valence-corrected chi connectivity index (χ4v) is 7.73. The molecule has 7 rings (SSSR count). The lowest BCUT2D eigenvalue weighted by Crippen LogP contribution is -2.45. The van der Waals surface area contributed by atoms with Crippen LogP contribution in [0.5, 0.6) is 17.2 Å². The number of likely N-dealkylation sites (tertiary alicyclic amines) is 1. The third-order valence-corrected chi connectivity index (χ3v) is 9.88. The summed E-state index contributed by atoms with van der Waals surface area (Å²) in [7, 11) is 0. The quantitative estimate of drug-likeness (QED) is 0.145. The molecule has 0 bridgehead atoms. The first kappa shape index (κ1) is 29.5. The van der Waals surface area contributed by atoms with Gasteiger partial charge in [-0.2, -0.15) is 0 Å². The van der Waals surface area contributed by atoms with Crippen molar-refractivity contribution in [2.45, 2.75) is 44.4 Å². The number of rotatable bonds is 4. The fraction of sp³-hybridized carbons (Fsp3) is 0.314. The lowest BCUT2D eigenvalue weighted by molar-refractivity contribution is -0.118. The molecule has 0 radical (unpaired) electrons. The van der Waals surface area contributed by atoms with E-state index in [9.17, 15) is 44.1 Å². The lowest BCUT2D eigenvalue weighted by Gasteiger charge is -2.31. The van der Waals surface area contributed by atoms with Gasteiger partial charge < -0.3 is 25.2 Å². The van der Waals surface area contributed by atoms with E-state index >= 15 is 0 Å². The second-order valence-corrected chi connectivity index (χ2v) is 12.4. The van der Waals surface area contributed by atoms with Gasteiger partial charge in [-0.1, -0.05) is 30.7 Å². The number of hydrogen-bond acceptors (Lipinski definition) is 10. The summed E-state index contributed by atoms with van der Waals surface area (Å²) >= 11 is 0. The largest absolute Gasteiger partial charge is 0.507 e. The summed E-state index contributed by atoms with van der Waals surface area (Å²) in [4.78, 5) is 86.5. The van der Waals surface area contributed by atoms with Crippen molar-refractivity contribution in [3.63, 3.8) is 0 Å². The summed E-state index contributed by atoms with van der Waals surface area (Å²) in [5.41, 5.74) is -4.81. The number of hydrogen-bond donors (Lipinski definition) is 4. The molecule has 1 fully saturated rings. The summed E-state index contributed by atoms with van der Waals surface area (Å²) < 4.78 is 0. The predicted octanol–water partition coefficient (Wildman–Crippen LogP) is 3.55. The van der Waals surface area contributed by atoms with Crippen LogP contribution in [0.2, 0.25) is 0 Å². The second kappa shape index (κ2) is 10.4. The molecule has 2 atom stereocenters. The molecule has 46 heavy (non-hydrogen) atoms. The Labute approximate surface area is 261 Å². The van der Waals surface area contributed by atoms with Crippen molar-refractivity contribution in [1.29, 1.82) is 0 Å². The topological polar surface area (TPSA) is 182 Å². The SMILES string of the molecule is CC=CC=Cc1cc2cc3c(c(O)c2c(=O)[nH]1)[C@]1(CC3)C(=O)c2c(O)c3c(c(O)c2C1=O)C(=O)C(CN1CCCCC1)C(=O)C3=O. The minimum atomic E-state index is -2.13. The Bertz CT molecular complexity index is 2080. The second-order valence-electron chi connectivity index (χ2n) is 12.4. The summed E-state index contributed by atoms with van der Waals surface area (Å²) in [5, 5.41) is 34.5. The first-order chi connectivity index (χ1) is 22.0. The standard InChI is InChI=1S/C35H30N2O9/c1-2-3-5-8-18-14-17-13-16-9-10-35(25(16)30(42)20(17)34(46)36-18)32(44)23-24(33(35)45)29(41)22-21(28(23)40)26(38)19(27(39)31(22)43)15-37-11-6-4-7-12-37/h2-3,5,8,13-14,19,40-42H,4,6-7,9-12,15H2,1H3,(H,36,46)/t19?,35-/m0/s1. The Morgan fingerprint density at radius 2 is 1.52 bits per heavy atom. The van der Waals surface area contributed by atoms with Gasteiger partial charge in [0.15, 0.2) is 17.3 Å². The minimum Gasteiger partial charge on any atom is -0.507 e. The number of phenolic OH excluding ortho intramolecular Hbond substituents is 3. The van der Waals surface area contributed by atoms with Crippen molar-refractivity contribution in [3.05, 3.63) is 79.8 Å². The fourth-order valence-electron chi connectivity index (χ4n) is 7.73. The molecule has 1 aromatic heterocycles. The number of aromatic amines is 1.